The third kappa shape index (κ3) is 10.1. The van der Waals surface area contributed by atoms with Gasteiger partial charge in [0.2, 0.25) is 0 Å². The minimum absolute atomic E-state index is 0.118. The number of thioether (sulfide) groups is 1. The van der Waals surface area contributed by atoms with Gasteiger partial charge in [0.05, 0.1) is 15.7 Å². The third-order valence-electron chi connectivity index (χ3n) is 5.92. The van der Waals surface area contributed by atoms with Crippen LogP contribution in [-0.4, -0.2) is 28.8 Å². The second kappa shape index (κ2) is 14.6. The van der Waals surface area contributed by atoms with Gasteiger partial charge in [0.15, 0.2) is 0 Å². The Morgan fingerprint density at radius 3 is 2.27 bits per heavy atom. The molecular formula is C24H39N3O2S. The van der Waals surface area contributed by atoms with Gasteiger partial charge in [-0.15, -0.1) is 11.8 Å². The first-order valence-corrected chi connectivity index (χ1v) is 12.7. The molecule has 1 aliphatic rings. The molecule has 1 saturated carbocycles. The Hall–Kier alpha value is -1.40. The average Bonchev–Trinajstić information content (AvgIpc) is 2.70. The summed E-state index contributed by atoms with van der Waals surface area (Å²) in [4.78, 5) is 15.1. The molecule has 0 radical (unpaired) electrons. The maximum absolute atomic E-state index is 10.9. The number of hydrogen-bond donors (Lipinski definition) is 1. The number of nitrogens with one attached hydrogen (secondary N) is 1. The van der Waals surface area contributed by atoms with Crippen molar-refractivity contribution in [2.45, 2.75) is 84.5 Å². The highest BCUT2D eigenvalue weighted by Crippen LogP contribution is 2.25. The normalized spacial score (nSPS) is 17.9. The highest BCUT2D eigenvalue weighted by molar-refractivity contribution is 8.13. The third-order valence-corrected chi connectivity index (χ3v) is 6.83. The first kappa shape index (κ1) is 24.9. The second-order valence-electron chi connectivity index (χ2n) is 8.54. The Kier molecular flexibility index (Phi) is 12.1. The smallest absolute Gasteiger partial charge is 0.269 e. The quantitative estimate of drug-likeness (QED) is 0.162. The molecule has 0 amide bonds. The largest absolute Gasteiger partial charge is 0.316 e. The van der Waals surface area contributed by atoms with E-state index in [1.54, 1.807) is 23.9 Å². The molecule has 0 bridgehead atoms. The Morgan fingerprint density at radius 2 is 1.70 bits per heavy atom. The number of benzene rings is 1. The number of nitro groups is 1. The summed E-state index contributed by atoms with van der Waals surface area (Å²) in [7, 11) is 0. The van der Waals surface area contributed by atoms with Crippen LogP contribution >= 0.6 is 11.8 Å². The summed E-state index contributed by atoms with van der Waals surface area (Å²) in [5, 5.41) is 15.5. The van der Waals surface area contributed by atoms with Crippen molar-refractivity contribution in [1.82, 2.24) is 5.32 Å². The molecule has 0 heterocycles. The summed E-state index contributed by atoms with van der Waals surface area (Å²) in [6.07, 6.45) is 15.5. The van der Waals surface area contributed by atoms with E-state index in [0.29, 0.717) is 0 Å². The molecule has 0 aliphatic heterocycles. The van der Waals surface area contributed by atoms with Crippen LogP contribution in [0.4, 0.5) is 11.4 Å². The zero-order chi connectivity index (χ0) is 21.6. The van der Waals surface area contributed by atoms with Gasteiger partial charge >= 0.3 is 0 Å². The zero-order valence-corrected chi connectivity index (χ0v) is 19.6. The molecule has 30 heavy (non-hydrogen) atoms. The summed E-state index contributed by atoms with van der Waals surface area (Å²) >= 11 is 1.75. The van der Waals surface area contributed by atoms with Crippen LogP contribution in [0.2, 0.25) is 0 Å². The lowest BCUT2D eigenvalue weighted by Gasteiger charge is -2.18. The van der Waals surface area contributed by atoms with Gasteiger partial charge in [-0.25, -0.2) is 4.99 Å². The van der Waals surface area contributed by atoms with Crippen LogP contribution in [0.1, 0.15) is 83.1 Å². The van der Waals surface area contributed by atoms with Crippen LogP contribution in [0.25, 0.3) is 0 Å². The summed E-state index contributed by atoms with van der Waals surface area (Å²) in [6, 6.07) is 4.84. The minimum atomic E-state index is -0.365. The topological polar surface area (TPSA) is 67.5 Å². The number of rotatable bonds is 7. The van der Waals surface area contributed by atoms with Crippen molar-refractivity contribution < 1.29 is 4.92 Å². The van der Waals surface area contributed by atoms with E-state index in [2.05, 4.69) is 10.3 Å². The van der Waals surface area contributed by atoms with E-state index in [1.807, 2.05) is 13.8 Å². The molecule has 5 nitrogen and oxygen atoms in total. The molecule has 168 valence electrons. The summed E-state index contributed by atoms with van der Waals surface area (Å²) in [5.74, 6) is 1.82. The summed E-state index contributed by atoms with van der Waals surface area (Å²) in [6.45, 7) is 6.01. The van der Waals surface area contributed by atoms with E-state index in [-0.39, 0.29) is 10.6 Å². The first-order valence-electron chi connectivity index (χ1n) is 11.7. The van der Waals surface area contributed by atoms with Gasteiger partial charge in [-0.1, -0.05) is 57.8 Å². The van der Waals surface area contributed by atoms with Gasteiger partial charge in [-0.05, 0) is 50.8 Å². The van der Waals surface area contributed by atoms with E-state index >= 15 is 0 Å². The van der Waals surface area contributed by atoms with E-state index in [4.69, 9.17) is 0 Å². The number of nitro benzene ring substituents is 1. The summed E-state index contributed by atoms with van der Waals surface area (Å²) in [5.41, 5.74) is 1.77. The summed E-state index contributed by atoms with van der Waals surface area (Å²) < 4.78 is 0. The molecule has 0 atom stereocenters. The average molecular weight is 434 g/mol. The number of nitrogens with zero attached hydrogens (tertiary/aromatic N) is 2. The van der Waals surface area contributed by atoms with Crippen molar-refractivity contribution in [3.63, 3.8) is 0 Å². The van der Waals surface area contributed by atoms with Crippen LogP contribution in [0.3, 0.4) is 0 Å². The molecule has 1 aliphatic carbocycles. The van der Waals surface area contributed by atoms with Crippen molar-refractivity contribution >= 4 is 28.2 Å². The lowest BCUT2D eigenvalue weighted by Crippen LogP contribution is -2.25. The molecular weight excluding hydrogens is 394 g/mol. The Bertz CT molecular complexity index is 666. The SMILES string of the molecule is CC(=Nc1ccc([N+](=O)[O-])cc1C)SCCNCC1CCCCCCCCCCC1. The van der Waals surface area contributed by atoms with Gasteiger partial charge in [-0.3, -0.25) is 10.1 Å². The van der Waals surface area contributed by atoms with Gasteiger partial charge in [-0.2, -0.15) is 0 Å². The fourth-order valence-corrected chi connectivity index (χ4v) is 4.81. The van der Waals surface area contributed by atoms with Crippen LogP contribution in [0.5, 0.6) is 0 Å². The molecule has 1 N–H and O–H groups in total. The van der Waals surface area contributed by atoms with Crippen molar-refractivity contribution in [1.29, 1.82) is 0 Å². The van der Waals surface area contributed by atoms with Crippen molar-refractivity contribution in [2.75, 3.05) is 18.8 Å². The second-order valence-corrected chi connectivity index (χ2v) is 9.82. The number of aryl methyl sites for hydroxylation is 1. The Balaban J connectivity index is 1.68. The van der Waals surface area contributed by atoms with Crippen molar-refractivity contribution in [3.8, 4) is 0 Å². The maximum atomic E-state index is 10.9. The van der Waals surface area contributed by atoms with Crippen LogP contribution in [0.15, 0.2) is 23.2 Å². The monoisotopic (exact) mass is 433 g/mol. The van der Waals surface area contributed by atoms with Crippen LogP contribution < -0.4 is 5.32 Å². The molecule has 6 heteroatoms. The Labute approximate surface area is 186 Å². The number of non-ortho nitro benzene ring substituents is 1. The highest BCUT2D eigenvalue weighted by Gasteiger charge is 2.10. The van der Waals surface area contributed by atoms with E-state index in [1.165, 1.54) is 76.7 Å². The maximum Gasteiger partial charge on any atom is 0.269 e. The molecule has 0 aromatic heterocycles. The molecule has 1 aromatic carbocycles. The van der Waals surface area contributed by atoms with Crippen LogP contribution in [-0.2, 0) is 0 Å². The first-order chi connectivity index (χ1) is 14.6. The van der Waals surface area contributed by atoms with Gasteiger partial charge in [0, 0.05) is 24.4 Å². The minimum Gasteiger partial charge on any atom is -0.316 e. The predicted octanol–water partition coefficient (Wildman–Crippen LogP) is 7.20. The van der Waals surface area contributed by atoms with Gasteiger partial charge in [0.25, 0.3) is 5.69 Å². The standard InChI is InChI=1S/C24H39N3O2S/c1-20-18-23(27(28)29)14-15-24(20)26-21(2)30-17-16-25-19-22-12-10-8-6-4-3-5-7-9-11-13-22/h14-15,18,22,25H,3-13,16-17,19H2,1-2H3. The van der Waals surface area contributed by atoms with Gasteiger partial charge in [0.1, 0.15) is 0 Å². The molecule has 0 saturated heterocycles. The fraction of sp³-hybridized carbons (Fsp3) is 0.708. The van der Waals surface area contributed by atoms with Gasteiger partial charge < -0.3 is 5.32 Å². The van der Waals surface area contributed by atoms with Crippen molar-refractivity contribution in [2.24, 2.45) is 10.9 Å². The Morgan fingerprint density at radius 1 is 1.10 bits per heavy atom. The van der Waals surface area contributed by atoms with Crippen LogP contribution in [0, 0.1) is 23.0 Å². The lowest BCUT2D eigenvalue weighted by atomic mass is 9.93. The van der Waals surface area contributed by atoms with E-state index < -0.39 is 0 Å². The molecule has 1 aromatic rings. The molecule has 0 spiro atoms. The van der Waals surface area contributed by atoms with E-state index in [9.17, 15) is 10.1 Å². The molecule has 2 rings (SSSR count). The molecule has 1 fully saturated rings. The number of hydrogen-bond acceptors (Lipinski definition) is 5. The van der Waals surface area contributed by atoms with E-state index in [0.717, 1.165) is 41.1 Å². The number of aliphatic imine (C=N–C) groups is 1. The lowest BCUT2D eigenvalue weighted by molar-refractivity contribution is -0.384. The highest BCUT2D eigenvalue weighted by atomic mass is 32.2. The molecule has 0 unspecified atom stereocenters. The predicted molar refractivity (Wildman–Crippen MR) is 130 cm³/mol. The van der Waals surface area contributed by atoms with Crippen molar-refractivity contribution in [3.05, 3.63) is 33.9 Å². The zero-order valence-electron chi connectivity index (χ0n) is 18.8. The fourth-order valence-electron chi connectivity index (χ4n) is 4.11.